The van der Waals surface area contributed by atoms with Gasteiger partial charge >= 0.3 is 5.97 Å². The molecule has 114 valence electrons. The number of carbonyl (C=O) groups is 2. The first-order chi connectivity index (χ1) is 10.6. The van der Waals surface area contributed by atoms with E-state index in [0.717, 1.165) is 5.75 Å². The standard InChI is InChI=1S/C17H17NO4/c19-16(7-4-12-22-15-5-2-1-3-6-15)18-14-10-8-13(9-11-14)17(20)21/h1-3,5-6,8-11H,4,7,12H2,(H,18,19)(H,20,21). The second kappa shape index (κ2) is 7.83. The minimum atomic E-state index is -0.990. The van der Waals surface area contributed by atoms with Crippen molar-refractivity contribution in [1.82, 2.24) is 0 Å². The lowest BCUT2D eigenvalue weighted by atomic mass is 10.2. The van der Waals surface area contributed by atoms with E-state index in [1.807, 2.05) is 30.3 Å². The summed E-state index contributed by atoms with van der Waals surface area (Å²) in [5.41, 5.74) is 0.772. The van der Waals surface area contributed by atoms with E-state index in [-0.39, 0.29) is 11.5 Å². The summed E-state index contributed by atoms with van der Waals surface area (Å²) in [6, 6.07) is 15.5. The van der Waals surface area contributed by atoms with Crippen molar-refractivity contribution in [3.8, 4) is 5.75 Å². The third-order valence-electron chi connectivity index (χ3n) is 2.98. The zero-order valence-electron chi connectivity index (χ0n) is 12.0. The summed E-state index contributed by atoms with van der Waals surface area (Å²) in [6.07, 6.45) is 0.946. The highest BCUT2D eigenvalue weighted by molar-refractivity contribution is 5.92. The van der Waals surface area contributed by atoms with Crippen LogP contribution in [0, 0.1) is 0 Å². The Kier molecular flexibility index (Phi) is 5.54. The molecule has 5 nitrogen and oxygen atoms in total. The Morgan fingerprint density at radius 2 is 1.68 bits per heavy atom. The van der Waals surface area contributed by atoms with Gasteiger partial charge in [0.1, 0.15) is 5.75 Å². The Morgan fingerprint density at radius 1 is 1.00 bits per heavy atom. The van der Waals surface area contributed by atoms with Gasteiger partial charge in [-0.25, -0.2) is 4.79 Å². The van der Waals surface area contributed by atoms with E-state index in [1.54, 1.807) is 12.1 Å². The maximum Gasteiger partial charge on any atom is 0.335 e. The van der Waals surface area contributed by atoms with Crippen LogP contribution in [0.3, 0.4) is 0 Å². The van der Waals surface area contributed by atoms with Gasteiger partial charge < -0.3 is 15.2 Å². The van der Waals surface area contributed by atoms with Gasteiger partial charge in [-0.05, 0) is 42.8 Å². The van der Waals surface area contributed by atoms with E-state index in [2.05, 4.69) is 5.32 Å². The van der Waals surface area contributed by atoms with Gasteiger partial charge in [-0.15, -0.1) is 0 Å². The van der Waals surface area contributed by atoms with Crippen LogP contribution in [0.15, 0.2) is 54.6 Å². The smallest absolute Gasteiger partial charge is 0.335 e. The van der Waals surface area contributed by atoms with Gasteiger partial charge in [0.05, 0.1) is 12.2 Å². The van der Waals surface area contributed by atoms with E-state index in [1.165, 1.54) is 12.1 Å². The van der Waals surface area contributed by atoms with Crippen LogP contribution in [-0.4, -0.2) is 23.6 Å². The number of rotatable bonds is 7. The fourth-order valence-electron chi connectivity index (χ4n) is 1.86. The number of hydrogen-bond acceptors (Lipinski definition) is 3. The SMILES string of the molecule is O=C(CCCOc1ccccc1)Nc1ccc(C(=O)O)cc1. The molecule has 0 atom stereocenters. The van der Waals surface area contributed by atoms with Gasteiger partial charge in [0.2, 0.25) is 5.91 Å². The molecule has 5 heteroatoms. The number of carboxylic acid groups (broad SMARTS) is 1. The Balaban J connectivity index is 1.70. The summed E-state index contributed by atoms with van der Waals surface area (Å²) < 4.78 is 5.50. The average molecular weight is 299 g/mol. The lowest BCUT2D eigenvalue weighted by molar-refractivity contribution is -0.116. The highest BCUT2D eigenvalue weighted by atomic mass is 16.5. The van der Waals surface area contributed by atoms with Crippen molar-refractivity contribution in [2.45, 2.75) is 12.8 Å². The van der Waals surface area contributed by atoms with E-state index >= 15 is 0 Å². The first-order valence-electron chi connectivity index (χ1n) is 6.96. The monoisotopic (exact) mass is 299 g/mol. The molecule has 1 amide bonds. The van der Waals surface area contributed by atoms with Crippen molar-refractivity contribution in [3.05, 3.63) is 60.2 Å². The number of amides is 1. The Hall–Kier alpha value is -2.82. The molecule has 0 aliphatic carbocycles. The molecule has 2 rings (SSSR count). The van der Waals surface area contributed by atoms with Crippen molar-refractivity contribution in [2.24, 2.45) is 0 Å². The molecule has 0 aliphatic heterocycles. The molecule has 22 heavy (non-hydrogen) atoms. The van der Waals surface area contributed by atoms with E-state index in [0.29, 0.717) is 25.1 Å². The molecule has 0 heterocycles. The van der Waals surface area contributed by atoms with Crippen molar-refractivity contribution in [3.63, 3.8) is 0 Å². The van der Waals surface area contributed by atoms with Crippen molar-refractivity contribution < 1.29 is 19.4 Å². The molecule has 0 aromatic heterocycles. The van der Waals surface area contributed by atoms with E-state index in [9.17, 15) is 9.59 Å². The summed E-state index contributed by atoms with van der Waals surface area (Å²) >= 11 is 0. The second-order valence-electron chi connectivity index (χ2n) is 4.70. The second-order valence-corrected chi connectivity index (χ2v) is 4.70. The summed E-state index contributed by atoms with van der Waals surface area (Å²) in [5.74, 6) is -0.331. The van der Waals surface area contributed by atoms with Crippen LogP contribution in [-0.2, 0) is 4.79 Å². The number of anilines is 1. The quantitative estimate of drug-likeness (QED) is 0.770. The molecule has 0 saturated heterocycles. The molecular weight excluding hydrogens is 282 g/mol. The van der Waals surface area contributed by atoms with Crippen LogP contribution >= 0.6 is 0 Å². The van der Waals surface area contributed by atoms with Crippen LogP contribution in [0.2, 0.25) is 0 Å². The number of para-hydroxylation sites is 1. The molecular formula is C17H17NO4. The van der Waals surface area contributed by atoms with Crippen LogP contribution in [0.5, 0.6) is 5.75 Å². The van der Waals surface area contributed by atoms with E-state index in [4.69, 9.17) is 9.84 Å². The van der Waals surface area contributed by atoms with Crippen LogP contribution < -0.4 is 10.1 Å². The molecule has 0 fully saturated rings. The number of ether oxygens (including phenoxy) is 1. The molecule has 0 spiro atoms. The number of hydrogen-bond donors (Lipinski definition) is 2. The lowest BCUT2D eigenvalue weighted by Crippen LogP contribution is -2.13. The van der Waals surface area contributed by atoms with Gasteiger partial charge in [-0.1, -0.05) is 18.2 Å². The average Bonchev–Trinajstić information content (AvgIpc) is 2.53. The Bertz CT molecular complexity index is 623. The normalized spacial score (nSPS) is 10.0. The maximum atomic E-state index is 11.8. The minimum Gasteiger partial charge on any atom is -0.494 e. The number of carbonyl (C=O) groups excluding carboxylic acids is 1. The molecule has 2 aromatic rings. The van der Waals surface area contributed by atoms with Crippen molar-refractivity contribution in [1.29, 1.82) is 0 Å². The number of aromatic carboxylic acids is 1. The molecule has 0 bridgehead atoms. The number of carboxylic acids is 1. The van der Waals surface area contributed by atoms with Crippen LogP contribution in [0.25, 0.3) is 0 Å². The zero-order chi connectivity index (χ0) is 15.8. The molecule has 0 aliphatic rings. The van der Waals surface area contributed by atoms with Gasteiger partial charge in [0.25, 0.3) is 0 Å². The number of nitrogens with one attached hydrogen (secondary N) is 1. The topological polar surface area (TPSA) is 75.6 Å². The predicted molar refractivity (Wildman–Crippen MR) is 83.2 cm³/mol. The lowest BCUT2D eigenvalue weighted by Gasteiger charge is -2.07. The minimum absolute atomic E-state index is 0.125. The molecule has 0 radical (unpaired) electrons. The first-order valence-corrected chi connectivity index (χ1v) is 6.96. The van der Waals surface area contributed by atoms with Gasteiger partial charge in [0, 0.05) is 12.1 Å². The fraction of sp³-hybridized carbons (Fsp3) is 0.176. The van der Waals surface area contributed by atoms with Gasteiger partial charge in [0.15, 0.2) is 0 Å². The zero-order valence-corrected chi connectivity index (χ0v) is 12.0. The third-order valence-corrected chi connectivity index (χ3v) is 2.98. The summed E-state index contributed by atoms with van der Waals surface area (Å²) in [5, 5.41) is 11.5. The van der Waals surface area contributed by atoms with Crippen LogP contribution in [0.1, 0.15) is 23.2 Å². The largest absolute Gasteiger partial charge is 0.494 e. The van der Waals surface area contributed by atoms with Gasteiger partial charge in [-0.3, -0.25) is 4.79 Å². The van der Waals surface area contributed by atoms with Gasteiger partial charge in [-0.2, -0.15) is 0 Å². The highest BCUT2D eigenvalue weighted by Gasteiger charge is 2.05. The predicted octanol–water partition coefficient (Wildman–Crippen LogP) is 3.18. The number of benzene rings is 2. The summed E-state index contributed by atoms with van der Waals surface area (Å²) in [4.78, 5) is 22.5. The highest BCUT2D eigenvalue weighted by Crippen LogP contribution is 2.11. The Morgan fingerprint density at radius 3 is 2.32 bits per heavy atom. The van der Waals surface area contributed by atoms with Crippen molar-refractivity contribution in [2.75, 3.05) is 11.9 Å². The van der Waals surface area contributed by atoms with E-state index < -0.39 is 5.97 Å². The molecule has 0 unspecified atom stereocenters. The molecule has 2 aromatic carbocycles. The third kappa shape index (κ3) is 4.94. The Labute approximate surface area is 128 Å². The summed E-state index contributed by atoms with van der Waals surface area (Å²) in [7, 11) is 0. The summed E-state index contributed by atoms with van der Waals surface area (Å²) in [6.45, 7) is 0.468. The van der Waals surface area contributed by atoms with Crippen LogP contribution in [0.4, 0.5) is 5.69 Å². The molecule has 2 N–H and O–H groups in total. The van der Waals surface area contributed by atoms with Crippen molar-refractivity contribution >= 4 is 17.6 Å². The fourth-order valence-corrected chi connectivity index (χ4v) is 1.86. The maximum absolute atomic E-state index is 11.8. The molecule has 0 saturated carbocycles. The first kappa shape index (κ1) is 15.6.